The van der Waals surface area contributed by atoms with Crippen LogP contribution in [0.4, 0.5) is 0 Å². The smallest absolute Gasteiger partial charge is 0.135 e. The molecule has 0 saturated carbocycles. The number of methoxy groups -OCH3 is 2. The van der Waals surface area contributed by atoms with Crippen LogP contribution in [0.1, 0.15) is 26.3 Å². The topological polar surface area (TPSA) is 27.7 Å². The lowest BCUT2D eigenvalue weighted by Gasteiger charge is -2.20. The summed E-state index contributed by atoms with van der Waals surface area (Å²) < 4.78 is 17.3. The minimum absolute atomic E-state index is 0.112. The SMILES string of the molecule is COc1cccc(OC)c1-c1ccccc1Oc1ccc(C(C)(C)C)cc1. The van der Waals surface area contributed by atoms with Crippen LogP contribution >= 0.6 is 0 Å². The highest BCUT2D eigenvalue weighted by Gasteiger charge is 2.17. The molecule has 0 spiro atoms. The number of para-hydroxylation sites is 1. The second-order valence-corrected chi connectivity index (χ2v) is 7.41. The van der Waals surface area contributed by atoms with Crippen LogP contribution in [0.15, 0.2) is 66.7 Å². The third-order valence-electron chi connectivity index (χ3n) is 4.53. The van der Waals surface area contributed by atoms with E-state index in [0.29, 0.717) is 0 Å². The van der Waals surface area contributed by atoms with Gasteiger partial charge in [0.2, 0.25) is 0 Å². The molecule has 3 aromatic carbocycles. The second kappa shape index (κ2) is 7.75. The summed E-state index contributed by atoms with van der Waals surface area (Å²) in [7, 11) is 3.32. The van der Waals surface area contributed by atoms with Crippen molar-refractivity contribution in [2.75, 3.05) is 14.2 Å². The van der Waals surface area contributed by atoms with E-state index in [0.717, 1.165) is 34.1 Å². The largest absolute Gasteiger partial charge is 0.496 e. The van der Waals surface area contributed by atoms with Gasteiger partial charge >= 0.3 is 0 Å². The number of benzene rings is 3. The highest BCUT2D eigenvalue weighted by Crippen LogP contribution is 2.43. The van der Waals surface area contributed by atoms with E-state index >= 15 is 0 Å². The number of hydrogen-bond donors (Lipinski definition) is 0. The Kier molecular flexibility index (Phi) is 5.41. The van der Waals surface area contributed by atoms with Crippen LogP contribution in [0.25, 0.3) is 11.1 Å². The molecule has 140 valence electrons. The second-order valence-electron chi connectivity index (χ2n) is 7.41. The molecule has 3 nitrogen and oxygen atoms in total. The predicted octanol–water partition coefficient (Wildman–Crippen LogP) is 6.46. The molecule has 0 radical (unpaired) electrons. The summed E-state index contributed by atoms with van der Waals surface area (Å²) in [5.74, 6) is 3.04. The lowest BCUT2D eigenvalue weighted by molar-refractivity contribution is 0.396. The summed E-state index contributed by atoms with van der Waals surface area (Å²) in [5.41, 5.74) is 3.19. The predicted molar refractivity (Wildman–Crippen MR) is 110 cm³/mol. The highest BCUT2D eigenvalue weighted by molar-refractivity contribution is 5.81. The van der Waals surface area contributed by atoms with E-state index in [1.165, 1.54) is 5.56 Å². The number of rotatable bonds is 5. The lowest BCUT2D eigenvalue weighted by atomic mass is 9.87. The third-order valence-corrected chi connectivity index (χ3v) is 4.53. The van der Waals surface area contributed by atoms with Gasteiger partial charge in [-0.1, -0.05) is 57.2 Å². The lowest BCUT2D eigenvalue weighted by Crippen LogP contribution is -2.10. The minimum atomic E-state index is 0.112. The van der Waals surface area contributed by atoms with Crippen molar-refractivity contribution in [1.82, 2.24) is 0 Å². The van der Waals surface area contributed by atoms with Crippen molar-refractivity contribution in [2.45, 2.75) is 26.2 Å². The molecule has 0 bridgehead atoms. The Morgan fingerprint density at radius 2 is 1.19 bits per heavy atom. The molecule has 0 aliphatic heterocycles. The zero-order valence-electron chi connectivity index (χ0n) is 16.6. The first-order chi connectivity index (χ1) is 12.9. The maximum absolute atomic E-state index is 6.22. The standard InChI is InChI=1S/C24H26O3/c1-24(2,3)17-13-15-18(16-14-17)27-20-10-7-6-9-19(20)23-21(25-4)11-8-12-22(23)26-5/h6-16H,1-5H3. The maximum atomic E-state index is 6.22. The Labute approximate surface area is 161 Å². The fourth-order valence-electron chi connectivity index (χ4n) is 3.03. The van der Waals surface area contributed by atoms with Crippen LogP contribution in [0.5, 0.6) is 23.0 Å². The van der Waals surface area contributed by atoms with Crippen molar-refractivity contribution in [3.8, 4) is 34.1 Å². The normalized spacial score (nSPS) is 11.1. The van der Waals surface area contributed by atoms with Crippen LogP contribution in [-0.2, 0) is 5.41 Å². The van der Waals surface area contributed by atoms with Gasteiger partial charge in [-0.25, -0.2) is 0 Å². The summed E-state index contributed by atoms with van der Waals surface area (Å²) in [6.07, 6.45) is 0. The molecule has 0 unspecified atom stereocenters. The van der Waals surface area contributed by atoms with Crippen LogP contribution in [0.3, 0.4) is 0 Å². The fourth-order valence-corrected chi connectivity index (χ4v) is 3.03. The molecule has 0 aromatic heterocycles. The molecule has 0 heterocycles. The zero-order valence-corrected chi connectivity index (χ0v) is 16.6. The van der Waals surface area contributed by atoms with Crippen LogP contribution in [0.2, 0.25) is 0 Å². The molecule has 0 N–H and O–H groups in total. The van der Waals surface area contributed by atoms with Crippen molar-refractivity contribution in [1.29, 1.82) is 0 Å². The van der Waals surface area contributed by atoms with Crippen LogP contribution < -0.4 is 14.2 Å². The molecule has 27 heavy (non-hydrogen) atoms. The van der Waals surface area contributed by atoms with E-state index in [1.54, 1.807) is 14.2 Å². The first-order valence-corrected chi connectivity index (χ1v) is 9.03. The summed E-state index contributed by atoms with van der Waals surface area (Å²) in [5, 5.41) is 0. The van der Waals surface area contributed by atoms with Crippen molar-refractivity contribution in [3.63, 3.8) is 0 Å². The summed E-state index contributed by atoms with van der Waals surface area (Å²) in [4.78, 5) is 0. The average Bonchev–Trinajstić information content (AvgIpc) is 2.67. The fraction of sp³-hybridized carbons (Fsp3) is 0.250. The van der Waals surface area contributed by atoms with E-state index in [1.807, 2.05) is 54.6 Å². The van der Waals surface area contributed by atoms with Gasteiger partial charge in [0.25, 0.3) is 0 Å². The zero-order chi connectivity index (χ0) is 19.4. The Hall–Kier alpha value is -2.94. The van der Waals surface area contributed by atoms with Gasteiger partial charge in [0.1, 0.15) is 23.0 Å². The molecule has 0 saturated heterocycles. The minimum Gasteiger partial charge on any atom is -0.496 e. The van der Waals surface area contributed by atoms with Crippen molar-refractivity contribution < 1.29 is 14.2 Å². The highest BCUT2D eigenvalue weighted by atomic mass is 16.5. The number of hydrogen-bond acceptors (Lipinski definition) is 3. The number of ether oxygens (including phenoxy) is 3. The molecular weight excluding hydrogens is 336 g/mol. The first-order valence-electron chi connectivity index (χ1n) is 9.03. The maximum Gasteiger partial charge on any atom is 0.135 e. The van der Waals surface area contributed by atoms with E-state index in [2.05, 4.69) is 32.9 Å². The molecule has 0 amide bonds. The van der Waals surface area contributed by atoms with E-state index in [9.17, 15) is 0 Å². The Balaban J connectivity index is 2.01. The van der Waals surface area contributed by atoms with Gasteiger partial charge < -0.3 is 14.2 Å². The third kappa shape index (κ3) is 4.08. The van der Waals surface area contributed by atoms with Crippen molar-refractivity contribution in [3.05, 3.63) is 72.3 Å². The van der Waals surface area contributed by atoms with Gasteiger partial charge in [-0.3, -0.25) is 0 Å². The molecule has 0 atom stereocenters. The average molecular weight is 362 g/mol. The molecule has 0 fully saturated rings. The molecule has 3 aromatic rings. The van der Waals surface area contributed by atoms with E-state index in [-0.39, 0.29) is 5.41 Å². The Morgan fingerprint density at radius 3 is 1.74 bits per heavy atom. The van der Waals surface area contributed by atoms with Gasteiger partial charge in [-0.05, 0) is 41.3 Å². The van der Waals surface area contributed by atoms with Gasteiger partial charge in [0.15, 0.2) is 0 Å². The molecule has 0 aliphatic carbocycles. The summed E-state index contributed by atoms with van der Waals surface area (Å²) >= 11 is 0. The van der Waals surface area contributed by atoms with Gasteiger partial charge in [0, 0.05) is 5.56 Å². The quantitative estimate of drug-likeness (QED) is 0.521. The van der Waals surface area contributed by atoms with Gasteiger partial charge in [-0.2, -0.15) is 0 Å². The van der Waals surface area contributed by atoms with Crippen LogP contribution in [-0.4, -0.2) is 14.2 Å². The Bertz CT molecular complexity index is 883. The van der Waals surface area contributed by atoms with Gasteiger partial charge in [0.05, 0.1) is 19.8 Å². The Morgan fingerprint density at radius 1 is 0.630 bits per heavy atom. The van der Waals surface area contributed by atoms with Gasteiger partial charge in [-0.15, -0.1) is 0 Å². The molecule has 3 heteroatoms. The molecular formula is C24H26O3. The molecule has 0 aliphatic rings. The molecule has 3 rings (SSSR count). The van der Waals surface area contributed by atoms with E-state index in [4.69, 9.17) is 14.2 Å². The monoisotopic (exact) mass is 362 g/mol. The van der Waals surface area contributed by atoms with Crippen molar-refractivity contribution in [2.24, 2.45) is 0 Å². The van der Waals surface area contributed by atoms with E-state index < -0.39 is 0 Å². The van der Waals surface area contributed by atoms with Crippen LogP contribution in [0, 0.1) is 0 Å². The summed E-state index contributed by atoms with van der Waals surface area (Å²) in [6.45, 7) is 6.60. The van der Waals surface area contributed by atoms with Crippen molar-refractivity contribution >= 4 is 0 Å². The summed E-state index contributed by atoms with van der Waals surface area (Å²) in [6, 6.07) is 21.9. The first kappa shape index (κ1) is 18.8.